The molecule has 3 aliphatic rings. The van der Waals surface area contributed by atoms with Crippen molar-refractivity contribution >= 4 is 17.7 Å². The zero-order chi connectivity index (χ0) is 60.8. The number of rotatable bonds is 48. The summed E-state index contributed by atoms with van der Waals surface area (Å²) in [5.74, 6) is -0.931. The van der Waals surface area contributed by atoms with E-state index in [0.717, 1.165) is 0 Å². The van der Waals surface area contributed by atoms with Gasteiger partial charge in [-0.2, -0.15) is 0 Å². The van der Waals surface area contributed by atoms with E-state index in [1.54, 1.807) is 0 Å². The van der Waals surface area contributed by atoms with E-state index in [4.69, 9.17) is 71.1 Å². The first-order valence-electron chi connectivity index (χ1n) is 27.7. The number of nitrogens with one attached hydrogen (secondary N) is 3. The summed E-state index contributed by atoms with van der Waals surface area (Å²) in [5.41, 5.74) is -0.657. The Morgan fingerprint density at radius 3 is 0.988 bits per heavy atom. The predicted molar refractivity (Wildman–Crippen MR) is 278 cm³/mol. The van der Waals surface area contributed by atoms with Crippen LogP contribution in [0.25, 0.3) is 0 Å². The van der Waals surface area contributed by atoms with Gasteiger partial charge < -0.3 is 148 Å². The molecule has 3 rings (SSSR count). The molecule has 9 unspecified atom stereocenters. The molecule has 0 saturated carbocycles. The smallest absolute Gasteiger partial charge is 0.246 e. The van der Waals surface area contributed by atoms with Gasteiger partial charge in [0.2, 0.25) is 17.7 Å². The lowest BCUT2D eigenvalue weighted by atomic mass is 9.89. The summed E-state index contributed by atoms with van der Waals surface area (Å²) < 4.78 is 82.0. The lowest BCUT2D eigenvalue weighted by molar-refractivity contribution is -0.302. The lowest BCUT2D eigenvalue weighted by Crippen LogP contribution is -2.59. The van der Waals surface area contributed by atoms with Gasteiger partial charge in [-0.15, -0.1) is 0 Å². The van der Waals surface area contributed by atoms with Crippen LogP contribution in [-0.2, 0) is 85.4 Å². The number of carbonyl (C=O) groups excluding carboxylic acids is 3. The highest BCUT2D eigenvalue weighted by molar-refractivity contribution is 5.77. The molecule has 0 aromatic rings. The zero-order valence-corrected chi connectivity index (χ0v) is 47.1. The molecule has 0 radical (unpaired) electrons. The molecule has 83 heavy (non-hydrogen) atoms. The Bertz CT molecular complexity index is 1500. The van der Waals surface area contributed by atoms with Crippen molar-refractivity contribution in [1.29, 1.82) is 0 Å². The first kappa shape index (κ1) is 74.6. The van der Waals surface area contributed by atoms with Crippen molar-refractivity contribution in [3.05, 3.63) is 0 Å². The van der Waals surface area contributed by atoms with Gasteiger partial charge in [-0.1, -0.05) is 6.92 Å². The topological polar surface area (TPSA) is 469 Å². The minimum Gasteiger partial charge on any atom is -0.394 e. The number of ether oxygens (including phenoxy) is 15. The summed E-state index contributed by atoms with van der Waals surface area (Å²) in [7, 11) is 0. The third-order valence-corrected chi connectivity index (χ3v) is 12.8. The fourth-order valence-corrected chi connectivity index (χ4v) is 7.90. The van der Waals surface area contributed by atoms with Crippen LogP contribution in [0, 0.1) is 5.41 Å². The fourth-order valence-electron chi connectivity index (χ4n) is 7.90. The molecule has 33 heteroatoms. The Kier molecular flexibility index (Phi) is 39.4. The molecule has 3 fully saturated rings. The Balaban J connectivity index is 1.26. The van der Waals surface area contributed by atoms with E-state index in [1.807, 2.05) is 6.92 Å². The first-order chi connectivity index (χ1) is 40.0. The number of hydrogen-bond donors (Lipinski definition) is 15. The van der Waals surface area contributed by atoms with Gasteiger partial charge in [0.1, 0.15) is 79.9 Å². The summed E-state index contributed by atoms with van der Waals surface area (Å²) >= 11 is 0. The van der Waals surface area contributed by atoms with E-state index in [1.165, 1.54) is 0 Å². The SMILES string of the molecule is CC(CCOCC(=O)NCCOCCOCCO[C@H]1OC(CO)[C@@H](O)C(O)C1O)(COCCC(=O)NCCOCCOCCO[C@H]1OC(CO)[C@@H](O)C(O)C1O)COCCC(=O)NCCOCCOCCO[C@H]1OC(CO)[C@@H](O)C(O)C1O. The normalized spacial score (nSPS) is 29.1. The van der Waals surface area contributed by atoms with E-state index >= 15 is 0 Å². The summed E-state index contributed by atoms with van der Waals surface area (Å²) in [4.78, 5) is 37.5. The number of carbonyl (C=O) groups is 3. The third-order valence-electron chi connectivity index (χ3n) is 12.8. The predicted octanol–water partition coefficient (Wildman–Crippen LogP) is -8.89. The Morgan fingerprint density at radius 2 is 0.663 bits per heavy atom. The molecule has 488 valence electrons. The van der Waals surface area contributed by atoms with Crippen LogP contribution in [0.2, 0.25) is 0 Å². The molecular weight excluding hydrogens is 1120 g/mol. The quantitative estimate of drug-likeness (QED) is 0.0252. The molecule has 3 saturated heterocycles. The van der Waals surface area contributed by atoms with Gasteiger partial charge in [0.05, 0.1) is 145 Å². The second-order valence-corrected chi connectivity index (χ2v) is 19.6. The number of hydrogen-bond acceptors (Lipinski definition) is 30. The van der Waals surface area contributed by atoms with Crippen LogP contribution in [0.1, 0.15) is 26.2 Å². The molecule has 15 atom stereocenters. The maximum absolute atomic E-state index is 12.5. The molecule has 0 bridgehead atoms. The van der Waals surface area contributed by atoms with Crippen LogP contribution in [0.3, 0.4) is 0 Å². The Labute approximate surface area is 481 Å². The van der Waals surface area contributed by atoms with E-state index in [0.29, 0.717) is 6.42 Å². The molecular formula is C50H93N3O30. The first-order valence-corrected chi connectivity index (χ1v) is 27.7. The fraction of sp³-hybridized carbons (Fsp3) is 0.940. The number of amides is 3. The van der Waals surface area contributed by atoms with Crippen molar-refractivity contribution < 1.29 is 147 Å². The molecule has 3 aliphatic heterocycles. The van der Waals surface area contributed by atoms with Crippen molar-refractivity contribution in [3.8, 4) is 0 Å². The van der Waals surface area contributed by atoms with Gasteiger partial charge in [0.15, 0.2) is 18.9 Å². The van der Waals surface area contributed by atoms with E-state index < -0.39 is 117 Å². The summed E-state index contributed by atoms with van der Waals surface area (Å²) in [6.07, 6.45) is -20.2. The van der Waals surface area contributed by atoms with Gasteiger partial charge in [0, 0.05) is 44.5 Å². The Morgan fingerprint density at radius 1 is 0.361 bits per heavy atom. The molecule has 15 N–H and O–H groups in total. The monoisotopic (exact) mass is 1220 g/mol. The highest BCUT2D eigenvalue weighted by Crippen LogP contribution is 2.25. The van der Waals surface area contributed by atoms with Crippen LogP contribution in [-0.4, -0.2) is 349 Å². The average molecular weight is 1220 g/mol. The molecule has 3 amide bonds. The highest BCUT2D eigenvalue weighted by Gasteiger charge is 2.46. The third kappa shape index (κ3) is 29.7. The van der Waals surface area contributed by atoms with Gasteiger partial charge in [-0.3, -0.25) is 14.4 Å². The summed E-state index contributed by atoms with van der Waals surface area (Å²) in [6.45, 7) is 3.24. The Hall–Kier alpha value is -2.67. The number of aliphatic hydroxyl groups excluding tert-OH is 12. The van der Waals surface area contributed by atoms with Gasteiger partial charge >= 0.3 is 0 Å². The van der Waals surface area contributed by atoms with Crippen molar-refractivity contribution in [2.75, 3.05) is 178 Å². The molecule has 0 aliphatic carbocycles. The van der Waals surface area contributed by atoms with E-state index in [-0.39, 0.29) is 189 Å². The maximum Gasteiger partial charge on any atom is 0.246 e. The average Bonchev–Trinajstić information content (AvgIpc) is 3.66. The molecule has 33 nitrogen and oxygen atoms in total. The zero-order valence-electron chi connectivity index (χ0n) is 47.1. The van der Waals surface area contributed by atoms with Crippen LogP contribution < -0.4 is 16.0 Å². The van der Waals surface area contributed by atoms with E-state index in [2.05, 4.69) is 16.0 Å². The molecule has 0 aromatic heterocycles. The van der Waals surface area contributed by atoms with Crippen LogP contribution in [0.5, 0.6) is 0 Å². The minimum absolute atomic E-state index is 0.0101. The molecule has 0 spiro atoms. The molecule has 0 aromatic carbocycles. The standard InChI is InChI=1S/C50H93N3O30/c1-50(4-10-75-29-37(59)53-7-13-71-16-19-74-22-25-80-49-46(68)43(65)40(62)34(28-56)83-49,30-76-8-2-35(57)51-5-11-69-14-17-72-20-23-78-47-44(66)41(63)38(60)32(26-54)81-47)31-77-9-3-36(58)52-6-12-70-15-18-73-21-24-79-48-45(67)42(64)39(61)33(27-55)82-48/h32-34,38-49,54-56,60-68H,2-31H2,1H3,(H,51,57)(H,52,58)(H,53,59)/t32?,33?,34?,38-,39-,40-,41?,42?,43?,44?,45?,46?,47+,48+,49+,50?/m1/s1. The summed E-state index contributed by atoms with van der Waals surface area (Å²) in [5, 5.41) is 125. The lowest BCUT2D eigenvalue weighted by Gasteiger charge is -2.39. The largest absolute Gasteiger partial charge is 0.394 e. The van der Waals surface area contributed by atoms with Gasteiger partial charge in [-0.05, 0) is 6.42 Å². The van der Waals surface area contributed by atoms with Crippen molar-refractivity contribution in [1.82, 2.24) is 16.0 Å². The number of aliphatic hydroxyl groups is 12. The highest BCUT2D eigenvalue weighted by atomic mass is 16.7. The van der Waals surface area contributed by atoms with Crippen molar-refractivity contribution in [2.24, 2.45) is 5.41 Å². The van der Waals surface area contributed by atoms with Gasteiger partial charge in [-0.25, -0.2) is 0 Å². The van der Waals surface area contributed by atoms with Crippen molar-refractivity contribution in [3.63, 3.8) is 0 Å². The maximum atomic E-state index is 12.5. The van der Waals surface area contributed by atoms with E-state index in [9.17, 15) is 75.7 Å². The van der Waals surface area contributed by atoms with Crippen LogP contribution in [0.4, 0.5) is 0 Å². The van der Waals surface area contributed by atoms with Gasteiger partial charge in [0.25, 0.3) is 0 Å². The minimum atomic E-state index is -1.55. The van der Waals surface area contributed by atoms with Crippen molar-refractivity contribution in [2.45, 2.75) is 118 Å². The van der Waals surface area contributed by atoms with Crippen LogP contribution >= 0.6 is 0 Å². The second-order valence-electron chi connectivity index (χ2n) is 19.6. The second kappa shape index (κ2) is 43.9. The summed E-state index contributed by atoms with van der Waals surface area (Å²) in [6, 6.07) is 0. The molecule has 3 heterocycles. The van der Waals surface area contributed by atoms with Crippen LogP contribution in [0.15, 0.2) is 0 Å².